The van der Waals surface area contributed by atoms with Crippen molar-refractivity contribution in [2.24, 2.45) is 0 Å². The van der Waals surface area contributed by atoms with Crippen molar-refractivity contribution in [2.45, 2.75) is 64.8 Å². The van der Waals surface area contributed by atoms with E-state index in [1.165, 1.54) is 56.2 Å². The summed E-state index contributed by atoms with van der Waals surface area (Å²) in [5.41, 5.74) is 9.50. The molecule has 2 aromatic rings. The Morgan fingerprint density at radius 2 is 1.50 bits per heavy atom. The molecule has 0 bridgehead atoms. The molecule has 0 fully saturated rings. The smallest absolute Gasteiger partial charge is 0.214 e. The second kappa shape index (κ2) is 11.3. The minimum atomic E-state index is 0. The Kier molecular flexibility index (Phi) is 9.73. The topological polar surface area (TPSA) is 50.1 Å². The Morgan fingerprint density at radius 3 is 2.17 bits per heavy atom. The summed E-state index contributed by atoms with van der Waals surface area (Å²) in [6.45, 7) is 3.55. The molecule has 0 aliphatic carbocycles. The lowest BCUT2D eigenvalue weighted by atomic mass is 10.1. The van der Waals surface area contributed by atoms with Gasteiger partial charge >= 0.3 is 0 Å². The second-order valence-corrected chi connectivity index (χ2v) is 6.46. The zero-order valence-corrected chi connectivity index (χ0v) is 15.6. The molecule has 134 valence electrons. The maximum Gasteiger partial charge on any atom is 0.214 e. The first kappa shape index (κ1) is 20.7. The number of unbranched alkanes of at least 4 members (excludes halogenated alkanes) is 7. The molecule has 0 spiro atoms. The summed E-state index contributed by atoms with van der Waals surface area (Å²) in [4.78, 5) is 0. The highest BCUT2D eigenvalue weighted by molar-refractivity contribution is 5.87. The predicted octanol–water partition coefficient (Wildman–Crippen LogP) is 1.14. The lowest BCUT2D eigenvalue weighted by Gasteiger charge is -2.07. The van der Waals surface area contributed by atoms with Gasteiger partial charge in [0.05, 0.1) is 11.1 Å². The fourth-order valence-electron chi connectivity index (χ4n) is 3.26. The van der Waals surface area contributed by atoms with Gasteiger partial charge in [0.15, 0.2) is 5.69 Å². The van der Waals surface area contributed by atoms with Gasteiger partial charge in [0.25, 0.3) is 0 Å². The minimum absolute atomic E-state index is 0. The van der Waals surface area contributed by atoms with E-state index in [-0.39, 0.29) is 12.4 Å². The van der Waals surface area contributed by atoms with E-state index in [2.05, 4.69) is 41.8 Å². The zero-order valence-electron chi connectivity index (χ0n) is 14.8. The van der Waals surface area contributed by atoms with Crippen LogP contribution in [0.1, 0.15) is 57.1 Å². The molecular weight excluding hydrogens is 320 g/mol. The number of nitrogens with two attached hydrogens (primary N) is 1. The third-order valence-corrected chi connectivity index (χ3v) is 4.59. The number of pyridine rings is 1. The molecule has 0 saturated heterocycles. The lowest BCUT2D eigenvalue weighted by molar-refractivity contribution is -0.677. The Morgan fingerprint density at radius 1 is 0.917 bits per heavy atom. The van der Waals surface area contributed by atoms with E-state index in [1.807, 2.05) is 0 Å². The molecule has 4 heteroatoms. The summed E-state index contributed by atoms with van der Waals surface area (Å²) in [5.74, 6) is 0. The van der Waals surface area contributed by atoms with Crippen LogP contribution >= 0.6 is 0 Å². The van der Waals surface area contributed by atoms with Crippen LogP contribution in [0, 0.1) is 6.92 Å². The number of fused-ring (bicyclic) bond motifs is 1. The molecule has 1 aromatic carbocycles. The van der Waals surface area contributed by atoms with Gasteiger partial charge in [0.2, 0.25) is 5.52 Å². The van der Waals surface area contributed by atoms with Gasteiger partial charge in [-0.2, -0.15) is 4.57 Å². The van der Waals surface area contributed by atoms with Gasteiger partial charge in [0.1, 0.15) is 6.54 Å². The van der Waals surface area contributed by atoms with Crippen LogP contribution in [0.15, 0.2) is 30.3 Å². The van der Waals surface area contributed by atoms with Crippen LogP contribution in [0.5, 0.6) is 0 Å². The molecule has 3 nitrogen and oxygen atoms in total. The van der Waals surface area contributed by atoms with Crippen molar-refractivity contribution in [1.29, 1.82) is 0 Å². The van der Waals surface area contributed by atoms with Crippen molar-refractivity contribution in [3.8, 4) is 0 Å². The average molecular weight is 351 g/mol. The molecular formula is C20H31ClN2O. The highest BCUT2D eigenvalue weighted by Gasteiger charge is 2.14. The first-order chi connectivity index (χ1) is 11.2. The van der Waals surface area contributed by atoms with E-state index < -0.39 is 0 Å². The normalized spacial score (nSPS) is 10.8. The predicted molar refractivity (Wildman–Crippen MR) is 97.3 cm³/mol. The number of nitrogens with zero attached hydrogens (tertiary/aromatic N) is 1. The van der Waals surface area contributed by atoms with Crippen LogP contribution in [0.4, 0.5) is 5.69 Å². The van der Waals surface area contributed by atoms with E-state index >= 15 is 0 Å². The second-order valence-electron chi connectivity index (χ2n) is 6.46. The van der Waals surface area contributed by atoms with Crippen molar-refractivity contribution in [2.75, 3.05) is 12.3 Å². The number of aliphatic hydroxyl groups excluding tert-OH is 1. The summed E-state index contributed by atoms with van der Waals surface area (Å²) < 4.78 is 2.40. The molecule has 0 aliphatic rings. The lowest BCUT2D eigenvalue weighted by Crippen LogP contribution is -3.00. The maximum atomic E-state index is 8.75. The number of rotatable bonds is 10. The van der Waals surface area contributed by atoms with E-state index in [4.69, 9.17) is 10.8 Å². The Hall–Kier alpha value is -1.32. The van der Waals surface area contributed by atoms with Gasteiger partial charge in [-0.3, -0.25) is 0 Å². The molecule has 0 amide bonds. The fraction of sp³-hybridized carbons (Fsp3) is 0.550. The molecule has 0 radical (unpaired) electrons. The van der Waals surface area contributed by atoms with Gasteiger partial charge in [-0.05, 0) is 18.9 Å². The molecule has 24 heavy (non-hydrogen) atoms. The zero-order chi connectivity index (χ0) is 16.5. The van der Waals surface area contributed by atoms with Crippen molar-refractivity contribution >= 4 is 16.6 Å². The van der Waals surface area contributed by atoms with Gasteiger partial charge in [-0.15, -0.1) is 0 Å². The number of aromatic nitrogens is 1. The third kappa shape index (κ3) is 5.95. The maximum absolute atomic E-state index is 8.75. The molecule has 1 heterocycles. The first-order valence-corrected chi connectivity index (χ1v) is 9.02. The van der Waals surface area contributed by atoms with Crippen LogP contribution in [0.25, 0.3) is 10.9 Å². The van der Waals surface area contributed by atoms with Gasteiger partial charge in [-0.25, -0.2) is 0 Å². The van der Waals surface area contributed by atoms with E-state index in [9.17, 15) is 0 Å². The number of aryl methyl sites for hydroxylation is 2. The van der Waals surface area contributed by atoms with Gasteiger partial charge < -0.3 is 23.2 Å². The summed E-state index contributed by atoms with van der Waals surface area (Å²) in [7, 11) is 0. The quantitative estimate of drug-likeness (QED) is 0.498. The van der Waals surface area contributed by atoms with E-state index in [0.29, 0.717) is 6.61 Å². The third-order valence-electron chi connectivity index (χ3n) is 4.59. The Bertz CT molecular complexity index is 616. The fourth-order valence-corrected chi connectivity index (χ4v) is 3.26. The van der Waals surface area contributed by atoms with Gasteiger partial charge in [0, 0.05) is 32.1 Å². The average Bonchev–Trinajstić information content (AvgIpc) is 2.56. The molecule has 2 rings (SSSR count). The molecule has 0 unspecified atom stereocenters. The van der Waals surface area contributed by atoms with Crippen LogP contribution < -0.4 is 22.7 Å². The minimum Gasteiger partial charge on any atom is -1.00 e. The largest absolute Gasteiger partial charge is 1.00 e. The molecule has 0 aliphatic heterocycles. The van der Waals surface area contributed by atoms with Crippen LogP contribution in [-0.2, 0) is 6.54 Å². The van der Waals surface area contributed by atoms with Crippen molar-refractivity contribution < 1.29 is 22.1 Å². The van der Waals surface area contributed by atoms with Crippen molar-refractivity contribution in [3.63, 3.8) is 0 Å². The summed E-state index contributed by atoms with van der Waals surface area (Å²) in [5, 5.41) is 9.91. The highest BCUT2D eigenvalue weighted by atomic mass is 35.5. The summed E-state index contributed by atoms with van der Waals surface area (Å²) >= 11 is 0. The number of anilines is 1. The molecule has 0 atom stereocenters. The number of para-hydroxylation sites is 1. The molecule has 3 N–H and O–H groups in total. The standard InChI is InChI=1S/C20H30N2O.ClH/c1-17-16-19(21)18-12-8-9-13-20(18)22(17)14-10-6-4-2-3-5-7-11-15-23;/h8-9,12-13,16,21,23H,2-7,10-11,14-15H2,1H3;1H. The van der Waals surface area contributed by atoms with E-state index in [0.717, 1.165) is 24.0 Å². The van der Waals surface area contributed by atoms with E-state index in [1.54, 1.807) is 0 Å². The van der Waals surface area contributed by atoms with Crippen LogP contribution in [-0.4, -0.2) is 11.7 Å². The van der Waals surface area contributed by atoms with Gasteiger partial charge in [-0.1, -0.05) is 44.2 Å². The Balaban J connectivity index is 0.00000288. The van der Waals surface area contributed by atoms with Crippen molar-refractivity contribution in [1.82, 2.24) is 0 Å². The number of aliphatic hydroxyl groups is 1. The molecule has 0 saturated carbocycles. The number of nitrogen functional groups attached to an aromatic ring is 1. The number of hydrogen-bond acceptors (Lipinski definition) is 2. The van der Waals surface area contributed by atoms with Crippen LogP contribution in [0.2, 0.25) is 0 Å². The first-order valence-electron chi connectivity index (χ1n) is 9.02. The Labute approximate surface area is 152 Å². The number of hydrogen-bond donors (Lipinski definition) is 2. The monoisotopic (exact) mass is 350 g/mol. The molecule has 1 aromatic heterocycles. The number of benzene rings is 1. The summed E-state index contributed by atoms with van der Waals surface area (Å²) in [6, 6.07) is 10.5. The van der Waals surface area contributed by atoms with Crippen molar-refractivity contribution in [3.05, 3.63) is 36.0 Å². The SMILES string of the molecule is Cc1cc(N)c2ccccc2[n+]1CCCCCCCCCCO.[Cl-]. The summed E-state index contributed by atoms with van der Waals surface area (Å²) in [6.07, 6.45) is 9.82. The number of halogens is 1. The highest BCUT2D eigenvalue weighted by Crippen LogP contribution is 2.19. The van der Waals surface area contributed by atoms with Crippen LogP contribution in [0.3, 0.4) is 0 Å².